The van der Waals surface area contributed by atoms with Gasteiger partial charge in [0.2, 0.25) is 0 Å². The van der Waals surface area contributed by atoms with E-state index in [1.54, 1.807) is 6.21 Å². The number of aliphatic imine (C=N–C) groups is 1. The molecule has 0 aliphatic rings. The average Bonchev–Trinajstić information content (AvgIpc) is 2.28. The Morgan fingerprint density at radius 3 is 2.06 bits per heavy atom. The van der Waals surface area contributed by atoms with Crippen molar-refractivity contribution in [2.75, 3.05) is 0 Å². The third-order valence-electron chi connectivity index (χ3n) is 2.40. The van der Waals surface area contributed by atoms with Crippen molar-refractivity contribution in [3.05, 3.63) is 72.0 Å². The summed E-state index contributed by atoms with van der Waals surface area (Å²) in [4.78, 5) is 4.31. The molecule has 0 radical (unpaired) electrons. The van der Waals surface area contributed by atoms with Crippen molar-refractivity contribution in [1.29, 1.82) is 0 Å². The molecular weight excluding hydrogens is 218 g/mol. The van der Waals surface area contributed by atoms with Crippen molar-refractivity contribution in [2.24, 2.45) is 4.99 Å². The molecule has 0 aliphatic carbocycles. The number of hydrogen-bond donors (Lipinski definition) is 0. The van der Waals surface area contributed by atoms with Crippen LogP contribution in [0.3, 0.4) is 0 Å². The van der Waals surface area contributed by atoms with Crippen LogP contribution in [0.5, 0.6) is 0 Å². The van der Waals surface area contributed by atoms with Gasteiger partial charge < -0.3 is 0 Å². The van der Waals surface area contributed by atoms with Gasteiger partial charge in [0.05, 0.1) is 5.70 Å². The fourth-order valence-corrected chi connectivity index (χ4v) is 1.18. The molecule has 0 heterocycles. The Morgan fingerprint density at radius 1 is 1.00 bits per heavy atom. The Labute approximate surface area is 111 Å². The molecule has 1 nitrogen and oxygen atoms in total. The van der Waals surface area contributed by atoms with E-state index >= 15 is 0 Å². The van der Waals surface area contributed by atoms with Crippen LogP contribution in [0.15, 0.2) is 77.0 Å². The van der Waals surface area contributed by atoms with Gasteiger partial charge in [0.1, 0.15) is 0 Å². The zero-order valence-electron chi connectivity index (χ0n) is 12.0. The second kappa shape index (κ2) is 8.24. The van der Waals surface area contributed by atoms with Gasteiger partial charge in [0.15, 0.2) is 0 Å². The quantitative estimate of drug-likeness (QED) is 0.449. The summed E-state index contributed by atoms with van der Waals surface area (Å²) in [6.45, 7) is 19.7. The monoisotopic (exact) mass is 241 g/mol. The number of rotatable bonds is 6. The second-order valence-electron chi connectivity index (χ2n) is 4.25. The van der Waals surface area contributed by atoms with Crippen molar-refractivity contribution >= 4 is 6.21 Å². The van der Waals surface area contributed by atoms with Gasteiger partial charge in [-0.15, -0.1) is 0 Å². The third-order valence-corrected chi connectivity index (χ3v) is 2.40. The zero-order chi connectivity index (χ0) is 14.1. The van der Waals surface area contributed by atoms with Crippen LogP contribution in [0.4, 0.5) is 0 Å². The maximum Gasteiger partial charge on any atom is 0.0632 e. The topological polar surface area (TPSA) is 12.4 Å². The lowest BCUT2D eigenvalue weighted by molar-refractivity contribution is 1.26. The third kappa shape index (κ3) is 6.00. The Kier molecular flexibility index (Phi) is 7.37. The SMILES string of the molecule is C=C(C)/C=C\C(C(=C)N=C/C=C\C)=C(/C)C(=C)C. The highest BCUT2D eigenvalue weighted by atomic mass is 14.7. The molecule has 0 spiro atoms. The first kappa shape index (κ1) is 16.1. The van der Waals surface area contributed by atoms with Crippen LogP contribution in [0.25, 0.3) is 0 Å². The summed E-state index contributed by atoms with van der Waals surface area (Å²) < 4.78 is 0. The van der Waals surface area contributed by atoms with E-state index in [1.807, 2.05) is 52.0 Å². The van der Waals surface area contributed by atoms with Crippen molar-refractivity contribution in [3.63, 3.8) is 0 Å². The maximum absolute atomic E-state index is 4.31. The highest BCUT2D eigenvalue weighted by Gasteiger charge is 2.03. The molecule has 0 aromatic rings. The standard InChI is InChI=1S/C17H23N/c1-8-9-12-18-16(7)17(11-10-13(2)3)15(6)14(4)5/h8-12H,2,4,7H2,1,3,5-6H3/b9-8-,11-10-,17-15-,18-12?. The summed E-state index contributed by atoms with van der Waals surface area (Å²) in [5, 5.41) is 0. The minimum absolute atomic E-state index is 0.728. The first-order valence-corrected chi connectivity index (χ1v) is 5.95. The molecule has 1 heteroatoms. The molecule has 0 unspecified atom stereocenters. The average molecular weight is 241 g/mol. The van der Waals surface area contributed by atoms with Gasteiger partial charge in [-0.3, -0.25) is 4.99 Å². The lowest BCUT2D eigenvalue weighted by atomic mass is 10.0. The van der Waals surface area contributed by atoms with Gasteiger partial charge in [0, 0.05) is 11.8 Å². The highest BCUT2D eigenvalue weighted by molar-refractivity contribution is 5.73. The normalized spacial score (nSPS) is 13.3. The number of nitrogens with zero attached hydrogens (tertiary/aromatic N) is 1. The summed E-state index contributed by atoms with van der Waals surface area (Å²) in [5.41, 5.74) is 4.82. The molecule has 0 N–H and O–H groups in total. The van der Waals surface area contributed by atoms with Gasteiger partial charge in [-0.1, -0.05) is 49.1 Å². The van der Waals surface area contributed by atoms with Gasteiger partial charge >= 0.3 is 0 Å². The molecular formula is C17H23N. The molecule has 0 atom stereocenters. The van der Waals surface area contributed by atoms with Crippen LogP contribution >= 0.6 is 0 Å². The molecule has 18 heavy (non-hydrogen) atoms. The van der Waals surface area contributed by atoms with Crippen LogP contribution < -0.4 is 0 Å². The van der Waals surface area contributed by atoms with Gasteiger partial charge in [0.25, 0.3) is 0 Å². The van der Waals surface area contributed by atoms with Crippen molar-refractivity contribution in [3.8, 4) is 0 Å². The van der Waals surface area contributed by atoms with E-state index in [0.29, 0.717) is 0 Å². The van der Waals surface area contributed by atoms with E-state index in [-0.39, 0.29) is 0 Å². The summed E-state index contributed by atoms with van der Waals surface area (Å²) in [5.74, 6) is 0. The maximum atomic E-state index is 4.31. The van der Waals surface area contributed by atoms with Crippen molar-refractivity contribution in [1.82, 2.24) is 0 Å². The molecule has 0 aromatic carbocycles. The van der Waals surface area contributed by atoms with E-state index in [4.69, 9.17) is 0 Å². The second-order valence-corrected chi connectivity index (χ2v) is 4.25. The van der Waals surface area contributed by atoms with E-state index in [2.05, 4.69) is 24.7 Å². The van der Waals surface area contributed by atoms with Crippen LogP contribution in [-0.2, 0) is 0 Å². The molecule has 96 valence electrons. The minimum atomic E-state index is 0.728. The van der Waals surface area contributed by atoms with Gasteiger partial charge in [-0.2, -0.15) is 0 Å². The van der Waals surface area contributed by atoms with E-state index < -0.39 is 0 Å². The highest BCUT2D eigenvalue weighted by Crippen LogP contribution is 2.21. The Balaban J connectivity index is 5.37. The molecule has 0 aromatic heterocycles. The van der Waals surface area contributed by atoms with Gasteiger partial charge in [-0.05, 0) is 39.3 Å². The predicted octanol–water partition coefficient (Wildman–Crippen LogP) is 5.17. The molecule has 0 saturated heterocycles. The van der Waals surface area contributed by atoms with Crippen LogP contribution in [0, 0.1) is 0 Å². The largest absolute Gasteiger partial charge is 0.257 e. The lowest BCUT2D eigenvalue weighted by Gasteiger charge is -2.08. The van der Waals surface area contributed by atoms with E-state index in [1.165, 1.54) is 0 Å². The molecule has 0 fully saturated rings. The number of allylic oxidation sites excluding steroid dienone is 7. The Morgan fingerprint density at radius 2 is 1.61 bits per heavy atom. The lowest BCUT2D eigenvalue weighted by Crippen LogP contribution is -1.90. The van der Waals surface area contributed by atoms with Gasteiger partial charge in [-0.25, -0.2) is 0 Å². The Hall–Kier alpha value is -1.89. The predicted molar refractivity (Wildman–Crippen MR) is 83.9 cm³/mol. The first-order valence-electron chi connectivity index (χ1n) is 5.95. The molecule has 0 rings (SSSR count). The van der Waals surface area contributed by atoms with Crippen LogP contribution in [-0.4, -0.2) is 6.21 Å². The molecule has 0 amide bonds. The summed E-state index contributed by atoms with van der Waals surface area (Å²) in [6.07, 6.45) is 9.49. The minimum Gasteiger partial charge on any atom is -0.257 e. The molecule has 0 aliphatic heterocycles. The number of hydrogen-bond acceptors (Lipinski definition) is 1. The zero-order valence-corrected chi connectivity index (χ0v) is 12.0. The fourth-order valence-electron chi connectivity index (χ4n) is 1.18. The smallest absolute Gasteiger partial charge is 0.0632 e. The van der Waals surface area contributed by atoms with Crippen molar-refractivity contribution < 1.29 is 0 Å². The Bertz CT molecular complexity index is 454. The summed E-state index contributed by atoms with van der Waals surface area (Å²) in [7, 11) is 0. The van der Waals surface area contributed by atoms with E-state index in [9.17, 15) is 0 Å². The van der Waals surface area contributed by atoms with E-state index in [0.717, 1.165) is 28.0 Å². The van der Waals surface area contributed by atoms with Crippen molar-refractivity contribution in [2.45, 2.75) is 27.7 Å². The fraction of sp³-hybridized carbons (Fsp3) is 0.235. The van der Waals surface area contributed by atoms with Crippen LogP contribution in [0.2, 0.25) is 0 Å². The summed E-state index contributed by atoms with van der Waals surface area (Å²) in [6, 6.07) is 0. The summed E-state index contributed by atoms with van der Waals surface area (Å²) >= 11 is 0. The molecule has 0 saturated carbocycles. The first-order chi connectivity index (χ1) is 8.40. The molecule has 0 bridgehead atoms. The van der Waals surface area contributed by atoms with Crippen LogP contribution in [0.1, 0.15) is 27.7 Å².